The van der Waals surface area contributed by atoms with Crippen LogP contribution in [0.4, 0.5) is 11.8 Å². The van der Waals surface area contributed by atoms with E-state index in [1.54, 1.807) is 0 Å². The summed E-state index contributed by atoms with van der Waals surface area (Å²) in [6, 6.07) is 16.7. The number of aryl methyl sites for hydroxylation is 2. The molecule has 0 saturated heterocycles. The van der Waals surface area contributed by atoms with Crippen molar-refractivity contribution >= 4 is 46.2 Å². The molecule has 0 spiro atoms. The fourth-order valence-corrected chi connectivity index (χ4v) is 5.40. The molecule has 34 heavy (non-hydrogen) atoms. The molecule has 1 aliphatic carbocycles. The summed E-state index contributed by atoms with van der Waals surface area (Å²) in [6.45, 7) is 4.17. The SMILES string of the molecule is Cc1cc2nc(NC3CCCCC3)ncc2cc1-c1ccc(NSc2ccccc2Cl)nc1C. The molecule has 174 valence electrons. The minimum atomic E-state index is 0.489. The number of fused-ring (bicyclic) bond motifs is 1. The van der Waals surface area contributed by atoms with E-state index in [9.17, 15) is 0 Å². The van der Waals surface area contributed by atoms with Crippen molar-refractivity contribution in [2.75, 3.05) is 10.0 Å². The van der Waals surface area contributed by atoms with E-state index >= 15 is 0 Å². The van der Waals surface area contributed by atoms with E-state index in [1.165, 1.54) is 49.6 Å². The minimum Gasteiger partial charge on any atom is -0.351 e. The van der Waals surface area contributed by atoms with Gasteiger partial charge in [-0.05, 0) is 86.2 Å². The molecule has 4 aromatic rings. The number of benzene rings is 2. The van der Waals surface area contributed by atoms with Crippen LogP contribution in [0.2, 0.25) is 5.02 Å². The fourth-order valence-electron chi connectivity index (χ4n) is 4.51. The number of aromatic nitrogens is 3. The lowest BCUT2D eigenvalue weighted by molar-refractivity contribution is 0.461. The summed E-state index contributed by atoms with van der Waals surface area (Å²) in [7, 11) is 0. The molecule has 0 unspecified atom stereocenters. The van der Waals surface area contributed by atoms with Gasteiger partial charge in [-0.15, -0.1) is 0 Å². The first-order valence-corrected chi connectivity index (χ1v) is 13.0. The molecule has 0 radical (unpaired) electrons. The van der Waals surface area contributed by atoms with Gasteiger partial charge in [0.15, 0.2) is 0 Å². The van der Waals surface area contributed by atoms with Gasteiger partial charge >= 0.3 is 0 Å². The molecule has 2 heterocycles. The second-order valence-corrected chi connectivity index (χ2v) is 10.1. The van der Waals surface area contributed by atoms with E-state index in [0.717, 1.165) is 49.4 Å². The van der Waals surface area contributed by atoms with Crippen molar-refractivity contribution in [3.8, 4) is 11.1 Å². The van der Waals surface area contributed by atoms with Gasteiger partial charge in [0.1, 0.15) is 5.82 Å². The summed E-state index contributed by atoms with van der Waals surface area (Å²) in [5.74, 6) is 1.53. The molecule has 1 saturated carbocycles. The molecule has 0 bridgehead atoms. The third-order valence-electron chi connectivity index (χ3n) is 6.34. The zero-order valence-electron chi connectivity index (χ0n) is 19.4. The Labute approximate surface area is 209 Å². The summed E-state index contributed by atoms with van der Waals surface area (Å²) in [5.41, 5.74) is 5.36. The predicted octanol–water partition coefficient (Wildman–Crippen LogP) is 7.83. The lowest BCUT2D eigenvalue weighted by atomic mass is 9.96. The first kappa shape index (κ1) is 22.9. The summed E-state index contributed by atoms with van der Waals surface area (Å²) in [5, 5.41) is 5.29. The van der Waals surface area contributed by atoms with Crippen LogP contribution in [0.15, 0.2) is 59.6 Å². The molecule has 0 atom stereocenters. The van der Waals surface area contributed by atoms with Crippen molar-refractivity contribution in [2.45, 2.75) is 56.9 Å². The van der Waals surface area contributed by atoms with Crippen LogP contribution in [0, 0.1) is 13.8 Å². The van der Waals surface area contributed by atoms with E-state index in [2.05, 4.69) is 40.1 Å². The molecular formula is C27H28ClN5S. The van der Waals surface area contributed by atoms with Crippen molar-refractivity contribution in [3.05, 3.63) is 71.0 Å². The highest BCUT2D eigenvalue weighted by atomic mass is 35.5. The fraction of sp³-hybridized carbons (Fsp3) is 0.296. The number of hydrogen-bond donors (Lipinski definition) is 2. The molecule has 2 aromatic heterocycles. The molecule has 5 nitrogen and oxygen atoms in total. The summed E-state index contributed by atoms with van der Waals surface area (Å²) >= 11 is 7.72. The maximum absolute atomic E-state index is 6.26. The Morgan fingerprint density at radius 3 is 2.56 bits per heavy atom. The average molecular weight is 490 g/mol. The Morgan fingerprint density at radius 2 is 1.76 bits per heavy atom. The molecule has 7 heteroatoms. The number of nitrogens with zero attached hydrogens (tertiary/aromatic N) is 3. The molecule has 1 fully saturated rings. The van der Waals surface area contributed by atoms with Crippen LogP contribution >= 0.6 is 23.5 Å². The van der Waals surface area contributed by atoms with Gasteiger partial charge < -0.3 is 10.0 Å². The minimum absolute atomic E-state index is 0.489. The highest BCUT2D eigenvalue weighted by molar-refractivity contribution is 8.00. The van der Waals surface area contributed by atoms with E-state index in [0.29, 0.717) is 6.04 Å². The van der Waals surface area contributed by atoms with Gasteiger partial charge in [-0.3, -0.25) is 0 Å². The van der Waals surface area contributed by atoms with E-state index in [-0.39, 0.29) is 0 Å². The van der Waals surface area contributed by atoms with Crippen LogP contribution in [0.25, 0.3) is 22.0 Å². The monoisotopic (exact) mass is 489 g/mol. The lowest BCUT2D eigenvalue weighted by Gasteiger charge is -2.22. The number of pyridine rings is 1. The molecule has 2 aromatic carbocycles. The molecule has 2 N–H and O–H groups in total. The van der Waals surface area contributed by atoms with Crippen molar-refractivity contribution in [1.29, 1.82) is 0 Å². The predicted molar refractivity (Wildman–Crippen MR) is 144 cm³/mol. The van der Waals surface area contributed by atoms with Gasteiger partial charge in [0.2, 0.25) is 5.95 Å². The number of hydrogen-bond acceptors (Lipinski definition) is 6. The molecular weight excluding hydrogens is 462 g/mol. The largest absolute Gasteiger partial charge is 0.351 e. The zero-order chi connectivity index (χ0) is 23.5. The van der Waals surface area contributed by atoms with Crippen LogP contribution in [0.1, 0.15) is 43.4 Å². The van der Waals surface area contributed by atoms with Crippen LogP contribution in [0.5, 0.6) is 0 Å². The topological polar surface area (TPSA) is 62.7 Å². The van der Waals surface area contributed by atoms with Crippen LogP contribution in [-0.2, 0) is 0 Å². The molecule has 0 aliphatic heterocycles. The normalized spacial score (nSPS) is 14.3. The Hall–Kier alpha value is -2.83. The molecule has 0 amide bonds. The van der Waals surface area contributed by atoms with Gasteiger partial charge in [-0.1, -0.05) is 43.0 Å². The van der Waals surface area contributed by atoms with Crippen molar-refractivity contribution < 1.29 is 0 Å². The molecule has 5 rings (SSSR count). The third-order valence-corrected chi connectivity index (χ3v) is 7.67. The van der Waals surface area contributed by atoms with E-state index in [1.807, 2.05) is 43.5 Å². The Kier molecular flexibility index (Phi) is 6.88. The van der Waals surface area contributed by atoms with Crippen LogP contribution in [0.3, 0.4) is 0 Å². The summed E-state index contributed by atoms with van der Waals surface area (Å²) in [6.07, 6.45) is 8.24. The second kappa shape index (κ2) is 10.2. The smallest absolute Gasteiger partial charge is 0.223 e. The van der Waals surface area contributed by atoms with Crippen molar-refractivity contribution in [1.82, 2.24) is 15.0 Å². The number of nitrogens with one attached hydrogen (secondary N) is 2. The van der Waals surface area contributed by atoms with Gasteiger partial charge in [0, 0.05) is 33.8 Å². The second-order valence-electron chi connectivity index (χ2n) is 8.86. The van der Waals surface area contributed by atoms with Crippen LogP contribution in [-0.4, -0.2) is 21.0 Å². The highest BCUT2D eigenvalue weighted by Crippen LogP contribution is 2.32. The van der Waals surface area contributed by atoms with Gasteiger partial charge in [-0.2, -0.15) is 0 Å². The summed E-state index contributed by atoms with van der Waals surface area (Å²) in [4.78, 5) is 15.1. The van der Waals surface area contributed by atoms with Gasteiger partial charge in [0.25, 0.3) is 0 Å². The number of halogens is 1. The third kappa shape index (κ3) is 5.13. The van der Waals surface area contributed by atoms with Crippen molar-refractivity contribution in [2.24, 2.45) is 0 Å². The Morgan fingerprint density at radius 1 is 0.941 bits per heavy atom. The maximum atomic E-state index is 6.26. The summed E-state index contributed by atoms with van der Waals surface area (Å²) < 4.78 is 3.30. The Balaban J connectivity index is 1.36. The Bertz CT molecular complexity index is 1320. The zero-order valence-corrected chi connectivity index (χ0v) is 21.0. The number of anilines is 2. The maximum Gasteiger partial charge on any atom is 0.223 e. The quantitative estimate of drug-likeness (QED) is 0.269. The first-order chi connectivity index (χ1) is 16.6. The number of rotatable bonds is 6. The van der Waals surface area contributed by atoms with E-state index < -0.39 is 0 Å². The molecule has 1 aliphatic rings. The van der Waals surface area contributed by atoms with Crippen molar-refractivity contribution in [3.63, 3.8) is 0 Å². The highest BCUT2D eigenvalue weighted by Gasteiger charge is 2.15. The first-order valence-electron chi connectivity index (χ1n) is 11.8. The average Bonchev–Trinajstić information content (AvgIpc) is 2.84. The van der Waals surface area contributed by atoms with Gasteiger partial charge in [0.05, 0.1) is 10.5 Å². The standard InChI is InChI=1S/C27H28ClN5S/c1-17-14-24-19(16-29-27(32-24)31-20-8-4-3-5-9-20)15-22(17)21-12-13-26(30-18(21)2)33-34-25-11-7-6-10-23(25)28/h6-7,10-16,20H,3-5,8-9H2,1-2H3,(H,30,33)(H,29,31,32). The van der Waals surface area contributed by atoms with Crippen LogP contribution < -0.4 is 10.0 Å². The van der Waals surface area contributed by atoms with E-state index in [4.69, 9.17) is 21.6 Å². The lowest BCUT2D eigenvalue weighted by Crippen LogP contribution is -2.23. The van der Waals surface area contributed by atoms with Gasteiger partial charge in [-0.25, -0.2) is 15.0 Å².